The van der Waals surface area contributed by atoms with Crippen molar-refractivity contribution in [3.05, 3.63) is 64.4 Å². The van der Waals surface area contributed by atoms with Crippen LogP contribution in [0.1, 0.15) is 41.9 Å². The van der Waals surface area contributed by atoms with Gasteiger partial charge in [-0.25, -0.2) is 4.98 Å². The molecular weight excluding hydrogens is 466 g/mol. The van der Waals surface area contributed by atoms with E-state index in [1.807, 2.05) is 51.2 Å². The van der Waals surface area contributed by atoms with E-state index in [0.29, 0.717) is 55.0 Å². The number of halogens is 1. The molecule has 1 aromatic carbocycles. The molecule has 0 unspecified atom stereocenters. The molecule has 2 aliphatic rings. The molecule has 184 valence electrons. The number of carbonyl (C=O) groups is 2. The van der Waals surface area contributed by atoms with E-state index in [9.17, 15) is 9.59 Å². The van der Waals surface area contributed by atoms with Crippen LogP contribution in [-0.4, -0.2) is 71.3 Å². The van der Waals surface area contributed by atoms with Crippen molar-refractivity contribution in [1.82, 2.24) is 20.1 Å². The predicted octanol–water partition coefficient (Wildman–Crippen LogP) is 3.55. The molecule has 3 heterocycles. The molecule has 9 heteroatoms. The van der Waals surface area contributed by atoms with E-state index in [2.05, 4.69) is 15.3 Å². The normalized spacial score (nSPS) is 17.6. The first-order valence-corrected chi connectivity index (χ1v) is 12.0. The van der Waals surface area contributed by atoms with Crippen LogP contribution in [0.25, 0.3) is 5.57 Å². The number of amides is 2. The summed E-state index contributed by atoms with van der Waals surface area (Å²) in [6.45, 7) is 7.49. The van der Waals surface area contributed by atoms with Crippen molar-refractivity contribution in [1.29, 1.82) is 0 Å². The molecule has 0 saturated carbocycles. The molecule has 2 amide bonds. The van der Waals surface area contributed by atoms with Gasteiger partial charge in [-0.2, -0.15) is 0 Å². The van der Waals surface area contributed by atoms with E-state index >= 15 is 0 Å². The number of pyridine rings is 1. The first-order chi connectivity index (χ1) is 16.7. The number of piperazine rings is 1. The van der Waals surface area contributed by atoms with Crippen LogP contribution >= 0.6 is 11.6 Å². The van der Waals surface area contributed by atoms with E-state index in [-0.39, 0.29) is 11.8 Å². The predicted molar refractivity (Wildman–Crippen MR) is 137 cm³/mol. The Labute approximate surface area is 210 Å². The topological polar surface area (TPSA) is 87.1 Å². The third-order valence-electron chi connectivity index (χ3n) is 6.24. The molecule has 1 aromatic heterocycles. The monoisotopic (exact) mass is 495 g/mol. The van der Waals surface area contributed by atoms with Crippen LogP contribution in [0.15, 0.2) is 47.6 Å². The Morgan fingerprint density at radius 3 is 2.66 bits per heavy atom. The summed E-state index contributed by atoms with van der Waals surface area (Å²) in [5, 5.41) is 3.78. The number of hydrogen-bond acceptors (Lipinski definition) is 6. The summed E-state index contributed by atoms with van der Waals surface area (Å²) in [6, 6.07) is 11.2. The van der Waals surface area contributed by atoms with Gasteiger partial charge in [-0.3, -0.25) is 14.6 Å². The molecule has 0 aliphatic carbocycles. The second-order valence-corrected chi connectivity index (χ2v) is 9.81. The number of carbonyl (C=O) groups excluding carboxylic acids is 2. The van der Waals surface area contributed by atoms with E-state index in [1.165, 1.54) is 7.11 Å². The average Bonchev–Trinajstić information content (AvgIpc) is 3.08. The van der Waals surface area contributed by atoms with Crippen molar-refractivity contribution in [3.63, 3.8) is 0 Å². The number of amidine groups is 1. The number of nitrogens with zero attached hydrogens (tertiary/aromatic N) is 4. The van der Waals surface area contributed by atoms with Crippen LogP contribution in [0, 0.1) is 6.92 Å². The summed E-state index contributed by atoms with van der Waals surface area (Å²) in [5.41, 5.74) is 2.69. The number of aryl methyl sites for hydroxylation is 1. The zero-order chi connectivity index (χ0) is 25.2. The zero-order valence-electron chi connectivity index (χ0n) is 20.5. The molecule has 0 bridgehead atoms. The molecule has 1 saturated heterocycles. The van der Waals surface area contributed by atoms with Gasteiger partial charge in [0.1, 0.15) is 5.69 Å². The number of nitrogens with one attached hydrogen (secondary N) is 1. The highest BCUT2D eigenvalue weighted by atomic mass is 35.5. The number of benzene rings is 1. The first-order valence-electron chi connectivity index (χ1n) is 11.6. The minimum atomic E-state index is -0.588. The highest BCUT2D eigenvalue weighted by Crippen LogP contribution is 2.25. The largest absolute Gasteiger partial charge is 0.481 e. The van der Waals surface area contributed by atoms with E-state index < -0.39 is 5.54 Å². The fraction of sp³-hybridized carbons (Fsp3) is 0.385. The molecular formula is C26H30ClN5O3. The van der Waals surface area contributed by atoms with Gasteiger partial charge in [-0.15, -0.1) is 0 Å². The Bertz CT molecular complexity index is 1210. The zero-order valence-corrected chi connectivity index (χ0v) is 21.2. The van der Waals surface area contributed by atoms with Crippen molar-refractivity contribution < 1.29 is 14.3 Å². The van der Waals surface area contributed by atoms with Crippen LogP contribution in [0.3, 0.4) is 0 Å². The van der Waals surface area contributed by atoms with Gasteiger partial charge in [0.05, 0.1) is 12.6 Å². The van der Waals surface area contributed by atoms with Crippen molar-refractivity contribution in [2.75, 3.05) is 33.3 Å². The fourth-order valence-electron chi connectivity index (χ4n) is 4.45. The third-order valence-corrected chi connectivity index (χ3v) is 6.48. The number of hydrogen-bond donors (Lipinski definition) is 1. The Kier molecular flexibility index (Phi) is 7.12. The highest BCUT2D eigenvalue weighted by Gasteiger charge is 2.40. The van der Waals surface area contributed by atoms with Crippen molar-refractivity contribution in [3.8, 4) is 5.88 Å². The summed E-state index contributed by atoms with van der Waals surface area (Å²) >= 11 is 6.14. The van der Waals surface area contributed by atoms with Gasteiger partial charge in [0.2, 0.25) is 5.88 Å². The standard InChI is InChI=1S/C26H30ClN5O3/c1-17-12-21(30-22(13-17)35-4)24(33)31-10-11-32(26(2,3)16-31)25(34)23-28-9-8-19(15-29-23)18-6-5-7-20(27)14-18/h5-7,12-15H,8-11,16H2,1-4H3,(H,28,29). The number of aliphatic imine (C=N–C) groups is 1. The number of rotatable bonds is 4. The lowest BCUT2D eigenvalue weighted by molar-refractivity contribution is -0.132. The smallest absolute Gasteiger partial charge is 0.289 e. The lowest BCUT2D eigenvalue weighted by atomic mass is 9.98. The Balaban J connectivity index is 1.46. The third kappa shape index (κ3) is 5.48. The van der Waals surface area contributed by atoms with Gasteiger partial charge < -0.3 is 19.9 Å². The molecule has 1 N–H and O–H groups in total. The SMILES string of the molecule is COc1cc(C)cc(C(=O)N2CCN(C(=O)C3=NCCC(c4cccc(Cl)c4)=CN3)C(C)(C)C2)n1. The molecule has 1 fully saturated rings. The summed E-state index contributed by atoms with van der Waals surface area (Å²) in [4.78, 5) is 39.0. The maximum atomic E-state index is 13.4. The molecule has 0 spiro atoms. The van der Waals surface area contributed by atoms with Gasteiger partial charge in [-0.1, -0.05) is 23.7 Å². The number of aromatic nitrogens is 1. The van der Waals surface area contributed by atoms with Crippen LogP contribution in [-0.2, 0) is 4.79 Å². The van der Waals surface area contributed by atoms with Gasteiger partial charge >= 0.3 is 0 Å². The highest BCUT2D eigenvalue weighted by molar-refractivity contribution is 6.38. The maximum Gasteiger partial charge on any atom is 0.289 e. The summed E-state index contributed by atoms with van der Waals surface area (Å²) in [5.74, 6) is 0.358. The van der Waals surface area contributed by atoms with Gasteiger partial charge in [0.25, 0.3) is 11.8 Å². The lowest BCUT2D eigenvalue weighted by Crippen LogP contribution is -2.64. The summed E-state index contributed by atoms with van der Waals surface area (Å²) < 4.78 is 5.22. The van der Waals surface area contributed by atoms with Crippen molar-refractivity contribution >= 4 is 34.8 Å². The second kappa shape index (κ2) is 10.1. The van der Waals surface area contributed by atoms with Crippen LogP contribution < -0.4 is 10.1 Å². The second-order valence-electron chi connectivity index (χ2n) is 9.37. The molecule has 4 rings (SSSR count). The summed E-state index contributed by atoms with van der Waals surface area (Å²) in [6.07, 6.45) is 2.53. The fourth-order valence-corrected chi connectivity index (χ4v) is 4.64. The van der Waals surface area contributed by atoms with E-state index in [1.54, 1.807) is 21.9 Å². The van der Waals surface area contributed by atoms with Gasteiger partial charge in [0, 0.05) is 43.5 Å². The minimum absolute atomic E-state index is 0.175. The van der Waals surface area contributed by atoms with Gasteiger partial charge in [0.15, 0.2) is 5.84 Å². The van der Waals surface area contributed by atoms with Crippen molar-refractivity contribution in [2.24, 2.45) is 4.99 Å². The van der Waals surface area contributed by atoms with E-state index in [0.717, 1.165) is 16.7 Å². The van der Waals surface area contributed by atoms with Crippen LogP contribution in [0.5, 0.6) is 5.88 Å². The first kappa shape index (κ1) is 24.7. The Morgan fingerprint density at radius 1 is 1.14 bits per heavy atom. The molecule has 35 heavy (non-hydrogen) atoms. The quantitative estimate of drug-likeness (QED) is 0.701. The molecule has 8 nitrogen and oxygen atoms in total. The Morgan fingerprint density at radius 2 is 1.94 bits per heavy atom. The molecule has 0 radical (unpaired) electrons. The number of methoxy groups -OCH3 is 1. The molecule has 2 aromatic rings. The van der Waals surface area contributed by atoms with Crippen LogP contribution in [0.2, 0.25) is 5.02 Å². The van der Waals surface area contributed by atoms with Crippen molar-refractivity contribution in [2.45, 2.75) is 32.7 Å². The maximum absolute atomic E-state index is 13.4. The number of ether oxygens (including phenoxy) is 1. The lowest BCUT2D eigenvalue weighted by Gasteiger charge is -2.47. The van der Waals surface area contributed by atoms with Gasteiger partial charge in [-0.05, 0) is 62.1 Å². The molecule has 0 atom stereocenters. The minimum Gasteiger partial charge on any atom is -0.481 e. The Hall–Kier alpha value is -3.39. The average molecular weight is 496 g/mol. The van der Waals surface area contributed by atoms with E-state index in [4.69, 9.17) is 16.3 Å². The summed E-state index contributed by atoms with van der Waals surface area (Å²) in [7, 11) is 1.53. The molecule has 2 aliphatic heterocycles. The van der Waals surface area contributed by atoms with Crippen LogP contribution in [0.4, 0.5) is 0 Å².